The van der Waals surface area contributed by atoms with Gasteiger partial charge in [-0.15, -0.1) is 12.4 Å². The highest BCUT2D eigenvalue weighted by Crippen LogP contribution is 2.23. The van der Waals surface area contributed by atoms with Gasteiger partial charge in [0.1, 0.15) is 5.60 Å². The van der Waals surface area contributed by atoms with Crippen molar-refractivity contribution in [2.24, 2.45) is 0 Å². The molecule has 0 aromatic heterocycles. The van der Waals surface area contributed by atoms with Crippen molar-refractivity contribution in [2.45, 2.75) is 44.8 Å². The number of amides is 1. The summed E-state index contributed by atoms with van der Waals surface area (Å²) in [7, 11) is 1.64. The summed E-state index contributed by atoms with van der Waals surface area (Å²) in [5.41, 5.74) is -0.614. The van der Waals surface area contributed by atoms with Crippen LogP contribution in [0.5, 0.6) is 0 Å². The Labute approximate surface area is 127 Å². The van der Waals surface area contributed by atoms with Crippen LogP contribution in [0.4, 0.5) is 0 Å². The van der Waals surface area contributed by atoms with Gasteiger partial charge in [-0.3, -0.25) is 4.79 Å². The van der Waals surface area contributed by atoms with Crippen LogP contribution in [0.1, 0.15) is 33.1 Å². The molecule has 114 valence electrons. The third-order valence-corrected chi connectivity index (χ3v) is 4.43. The number of hydrogen-bond acceptors (Lipinski definition) is 4. The van der Waals surface area contributed by atoms with E-state index in [0.717, 1.165) is 43.9 Å². The number of rotatable bonds is 7. The maximum atomic E-state index is 12.3. The standard InChI is InChI=1S/C13H26N2O2S.ClH/c1-4-18-10-5-11(2)15-12(16)13(17-3)6-8-14-9-7-13;/h11,14H,4-10H2,1-3H3,(H,15,16);1H. The third kappa shape index (κ3) is 5.90. The smallest absolute Gasteiger partial charge is 0.252 e. The number of hydrogen-bond donors (Lipinski definition) is 2. The van der Waals surface area contributed by atoms with Gasteiger partial charge in [-0.25, -0.2) is 0 Å². The Hall–Kier alpha value is 0.0300. The second-order valence-corrected chi connectivity index (χ2v) is 6.20. The molecule has 1 fully saturated rings. The maximum Gasteiger partial charge on any atom is 0.252 e. The quantitative estimate of drug-likeness (QED) is 0.704. The fraction of sp³-hybridized carbons (Fsp3) is 0.923. The summed E-state index contributed by atoms with van der Waals surface area (Å²) in [4.78, 5) is 12.3. The number of halogens is 1. The molecule has 1 amide bonds. The van der Waals surface area contributed by atoms with Gasteiger partial charge in [-0.05, 0) is 50.8 Å². The Bertz CT molecular complexity index is 261. The summed E-state index contributed by atoms with van der Waals surface area (Å²) in [5, 5.41) is 6.36. The first-order chi connectivity index (χ1) is 8.64. The molecule has 0 aliphatic carbocycles. The molecule has 0 radical (unpaired) electrons. The van der Waals surface area contributed by atoms with Crippen LogP contribution in [-0.4, -0.2) is 49.3 Å². The second-order valence-electron chi connectivity index (χ2n) is 4.81. The molecule has 19 heavy (non-hydrogen) atoms. The van der Waals surface area contributed by atoms with E-state index in [0.29, 0.717) is 0 Å². The lowest BCUT2D eigenvalue weighted by molar-refractivity contribution is -0.147. The molecule has 1 atom stereocenters. The Morgan fingerprint density at radius 1 is 1.47 bits per heavy atom. The van der Waals surface area contributed by atoms with E-state index in [-0.39, 0.29) is 24.4 Å². The Kier molecular flexibility index (Phi) is 9.87. The number of nitrogens with one attached hydrogen (secondary N) is 2. The minimum Gasteiger partial charge on any atom is -0.368 e. The molecular formula is C13H27ClN2O2S. The van der Waals surface area contributed by atoms with Crippen molar-refractivity contribution in [1.82, 2.24) is 10.6 Å². The fourth-order valence-corrected chi connectivity index (χ4v) is 3.00. The molecule has 4 nitrogen and oxygen atoms in total. The van der Waals surface area contributed by atoms with Crippen LogP contribution in [0.3, 0.4) is 0 Å². The highest BCUT2D eigenvalue weighted by Gasteiger charge is 2.39. The molecule has 2 N–H and O–H groups in total. The van der Waals surface area contributed by atoms with E-state index < -0.39 is 5.60 Å². The van der Waals surface area contributed by atoms with E-state index in [9.17, 15) is 4.79 Å². The maximum absolute atomic E-state index is 12.3. The lowest BCUT2D eigenvalue weighted by Crippen LogP contribution is -2.55. The monoisotopic (exact) mass is 310 g/mol. The van der Waals surface area contributed by atoms with E-state index >= 15 is 0 Å². The zero-order valence-corrected chi connectivity index (χ0v) is 13.8. The zero-order valence-electron chi connectivity index (χ0n) is 12.2. The van der Waals surface area contributed by atoms with Crippen LogP contribution in [-0.2, 0) is 9.53 Å². The molecule has 1 heterocycles. The largest absolute Gasteiger partial charge is 0.368 e. The molecule has 0 aromatic carbocycles. The van der Waals surface area contributed by atoms with Gasteiger partial charge in [-0.1, -0.05) is 6.92 Å². The third-order valence-electron chi connectivity index (χ3n) is 3.49. The Morgan fingerprint density at radius 3 is 2.63 bits per heavy atom. The van der Waals surface area contributed by atoms with Crippen molar-refractivity contribution in [3.05, 3.63) is 0 Å². The van der Waals surface area contributed by atoms with Crippen molar-refractivity contribution in [1.29, 1.82) is 0 Å². The summed E-state index contributed by atoms with van der Waals surface area (Å²) in [6.07, 6.45) is 2.53. The van der Waals surface area contributed by atoms with E-state index in [1.165, 1.54) is 0 Å². The van der Waals surface area contributed by atoms with Gasteiger partial charge in [0.15, 0.2) is 0 Å². The van der Waals surface area contributed by atoms with Gasteiger partial charge in [0.2, 0.25) is 0 Å². The summed E-state index contributed by atoms with van der Waals surface area (Å²) >= 11 is 1.91. The average molecular weight is 311 g/mol. The van der Waals surface area contributed by atoms with E-state index in [2.05, 4.69) is 24.5 Å². The van der Waals surface area contributed by atoms with Crippen molar-refractivity contribution in [2.75, 3.05) is 31.7 Å². The number of thioether (sulfide) groups is 1. The first-order valence-electron chi connectivity index (χ1n) is 6.79. The number of methoxy groups -OCH3 is 1. The molecule has 1 unspecified atom stereocenters. The number of carbonyl (C=O) groups is 1. The molecule has 0 bridgehead atoms. The molecule has 0 aromatic rings. The first-order valence-corrected chi connectivity index (χ1v) is 7.94. The van der Waals surface area contributed by atoms with Gasteiger partial charge >= 0.3 is 0 Å². The highest BCUT2D eigenvalue weighted by atomic mass is 35.5. The first kappa shape index (κ1) is 19.0. The molecule has 1 rings (SSSR count). The van der Waals surface area contributed by atoms with Gasteiger partial charge in [-0.2, -0.15) is 11.8 Å². The van der Waals surface area contributed by atoms with Gasteiger partial charge < -0.3 is 15.4 Å². The number of piperidine rings is 1. The molecule has 0 spiro atoms. The van der Waals surface area contributed by atoms with Gasteiger partial charge in [0.05, 0.1) is 0 Å². The van der Waals surface area contributed by atoms with Gasteiger partial charge in [0, 0.05) is 13.2 Å². The molecule has 1 aliphatic rings. The van der Waals surface area contributed by atoms with Crippen molar-refractivity contribution in [3.8, 4) is 0 Å². The molecule has 1 aliphatic heterocycles. The van der Waals surface area contributed by atoms with Crippen LogP contribution >= 0.6 is 24.2 Å². The summed E-state index contributed by atoms with van der Waals surface area (Å²) in [6, 6.07) is 0.221. The molecule has 1 saturated heterocycles. The fourth-order valence-electron chi connectivity index (χ4n) is 2.19. The minimum absolute atomic E-state index is 0. The molecular weight excluding hydrogens is 284 g/mol. The lowest BCUT2D eigenvalue weighted by Gasteiger charge is -2.35. The normalized spacial score (nSPS) is 19.3. The topological polar surface area (TPSA) is 50.4 Å². The summed E-state index contributed by atoms with van der Waals surface area (Å²) < 4.78 is 5.51. The number of ether oxygens (including phenoxy) is 1. The van der Waals surface area contributed by atoms with E-state index in [4.69, 9.17) is 4.74 Å². The average Bonchev–Trinajstić information content (AvgIpc) is 2.39. The van der Waals surface area contributed by atoms with Crippen LogP contribution in [0.25, 0.3) is 0 Å². The highest BCUT2D eigenvalue weighted by molar-refractivity contribution is 7.99. The van der Waals surface area contributed by atoms with Crippen LogP contribution < -0.4 is 10.6 Å². The SMILES string of the molecule is CCSCCC(C)NC(=O)C1(OC)CCNCC1.Cl. The van der Waals surface area contributed by atoms with Crippen LogP contribution in [0.15, 0.2) is 0 Å². The molecule has 6 heteroatoms. The predicted octanol–water partition coefficient (Wildman–Crippen LogP) is 1.82. The zero-order chi connectivity index (χ0) is 13.4. The Morgan fingerprint density at radius 2 is 2.11 bits per heavy atom. The van der Waals surface area contributed by atoms with Crippen LogP contribution in [0.2, 0.25) is 0 Å². The van der Waals surface area contributed by atoms with Gasteiger partial charge in [0.25, 0.3) is 5.91 Å². The van der Waals surface area contributed by atoms with Crippen molar-refractivity contribution in [3.63, 3.8) is 0 Å². The van der Waals surface area contributed by atoms with Crippen molar-refractivity contribution < 1.29 is 9.53 Å². The van der Waals surface area contributed by atoms with Crippen LogP contribution in [0, 0.1) is 0 Å². The molecule has 0 saturated carbocycles. The lowest BCUT2D eigenvalue weighted by atomic mass is 9.91. The Balaban J connectivity index is 0.00000324. The summed E-state index contributed by atoms with van der Waals surface area (Å²) in [5.74, 6) is 2.29. The predicted molar refractivity (Wildman–Crippen MR) is 84.3 cm³/mol. The second kappa shape index (κ2) is 9.86. The minimum atomic E-state index is -0.614. The van der Waals surface area contributed by atoms with E-state index in [1.807, 2.05) is 11.8 Å². The van der Waals surface area contributed by atoms with Crippen molar-refractivity contribution >= 4 is 30.1 Å². The van der Waals surface area contributed by atoms with E-state index in [1.54, 1.807) is 7.11 Å². The summed E-state index contributed by atoms with van der Waals surface area (Å²) in [6.45, 7) is 5.92. The number of carbonyl (C=O) groups excluding carboxylic acids is 1.